The van der Waals surface area contributed by atoms with Crippen molar-refractivity contribution in [3.8, 4) is 23.0 Å². The molecule has 1 aliphatic rings. The number of unbranched alkanes of at least 4 members (excludes halogenated alkanes) is 2. The van der Waals surface area contributed by atoms with Gasteiger partial charge in [0.15, 0.2) is 11.5 Å². The Kier molecular flexibility index (Phi) is 8.21. The first-order valence-electron chi connectivity index (χ1n) is 10.6. The molecular formula is C23H30N2O6S. The topological polar surface area (TPSA) is 77.5 Å². The summed E-state index contributed by atoms with van der Waals surface area (Å²) in [5.74, 6) is 1.56. The van der Waals surface area contributed by atoms with Crippen LogP contribution in [-0.2, 0) is 11.1 Å². The number of methoxy groups -OCH3 is 3. The van der Waals surface area contributed by atoms with Crippen molar-refractivity contribution in [1.29, 1.82) is 0 Å². The molecule has 32 heavy (non-hydrogen) atoms. The summed E-state index contributed by atoms with van der Waals surface area (Å²) in [6, 6.07) is 10.2. The lowest BCUT2D eigenvalue weighted by Gasteiger charge is -2.19. The Bertz CT molecular complexity index is 925. The van der Waals surface area contributed by atoms with Gasteiger partial charge in [-0.05, 0) is 30.7 Å². The Morgan fingerprint density at radius 3 is 2.16 bits per heavy atom. The zero-order chi connectivity index (χ0) is 23.1. The van der Waals surface area contributed by atoms with Crippen LogP contribution in [0, 0.1) is 0 Å². The van der Waals surface area contributed by atoms with E-state index in [4.69, 9.17) is 18.4 Å². The molecule has 2 aromatic rings. The molecule has 0 N–H and O–H groups in total. The Hall–Kier alpha value is -2.94. The van der Waals surface area contributed by atoms with Gasteiger partial charge in [-0.1, -0.05) is 19.8 Å². The monoisotopic (exact) mass is 462 g/mol. The maximum atomic E-state index is 12.8. The predicted molar refractivity (Wildman–Crippen MR) is 123 cm³/mol. The minimum atomic E-state index is -1.76. The first-order chi connectivity index (χ1) is 15.5. The number of hydrogen-bond acceptors (Lipinski definition) is 6. The van der Waals surface area contributed by atoms with Gasteiger partial charge in [-0.25, -0.2) is 9.00 Å². The molecule has 1 atom stereocenters. The van der Waals surface area contributed by atoms with Gasteiger partial charge in [0, 0.05) is 37.5 Å². The average molecular weight is 463 g/mol. The molecule has 0 unspecified atom stereocenters. The van der Waals surface area contributed by atoms with Gasteiger partial charge in [0.25, 0.3) is 0 Å². The number of hydrogen-bond donors (Lipinski definition) is 0. The molecule has 8 nitrogen and oxygen atoms in total. The van der Waals surface area contributed by atoms with Crippen LogP contribution in [0.25, 0.3) is 0 Å². The summed E-state index contributed by atoms with van der Waals surface area (Å²) in [5, 5.41) is 0. The fourth-order valence-electron chi connectivity index (χ4n) is 3.56. The molecule has 9 heteroatoms. The van der Waals surface area contributed by atoms with Crippen LogP contribution in [0.2, 0.25) is 0 Å². The molecule has 0 bridgehead atoms. The van der Waals surface area contributed by atoms with Gasteiger partial charge in [-0.2, -0.15) is 0 Å². The van der Waals surface area contributed by atoms with Crippen LogP contribution in [-0.4, -0.2) is 56.1 Å². The van der Waals surface area contributed by atoms with E-state index in [0.29, 0.717) is 34.4 Å². The Morgan fingerprint density at radius 1 is 0.938 bits per heavy atom. The SMILES string of the molecule is CCCCCN1CCN(c2ccc([S@](=O)Oc3cc(OC)c(OC)c(OC)c3)cc2)C1=O. The Labute approximate surface area is 191 Å². The second-order valence-electron chi connectivity index (χ2n) is 7.30. The quantitative estimate of drug-likeness (QED) is 0.465. The van der Waals surface area contributed by atoms with Gasteiger partial charge in [0.05, 0.1) is 26.2 Å². The molecule has 0 radical (unpaired) electrons. The van der Waals surface area contributed by atoms with Gasteiger partial charge in [-0.3, -0.25) is 4.90 Å². The predicted octanol–water partition coefficient (Wildman–Crippen LogP) is 4.25. The number of carbonyl (C=O) groups is 1. The van der Waals surface area contributed by atoms with Crippen molar-refractivity contribution >= 4 is 22.8 Å². The third kappa shape index (κ3) is 5.27. The summed E-state index contributed by atoms with van der Waals surface area (Å²) >= 11 is -1.76. The van der Waals surface area contributed by atoms with Crippen LogP contribution in [0.3, 0.4) is 0 Å². The van der Waals surface area contributed by atoms with Crippen molar-refractivity contribution in [3.05, 3.63) is 36.4 Å². The third-order valence-electron chi connectivity index (χ3n) is 5.28. The summed E-state index contributed by atoms with van der Waals surface area (Å²) in [6.45, 7) is 4.30. The van der Waals surface area contributed by atoms with Gasteiger partial charge < -0.3 is 23.3 Å². The normalized spacial score (nSPS) is 14.4. The van der Waals surface area contributed by atoms with E-state index in [0.717, 1.165) is 38.0 Å². The van der Waals surface area contributed by atoms with E-state index in [1.54, 1.807) is 41.3 Å². The fraction of sp³-hybridized carbons (Fsp3) is 0.435. The molecule has 1 saturated heterocycles. The van der Waals surface area contributed by atoms with Crippen LogP contribution >= 0.6 is 0 Å². The van der Waals surface area contributed by atoms with E-state index >= 15 is 0 Å². The van der Waals surface area contributed by atoms with Crippen LogP contribution in [0.4, 0.5) is 10.5 Å². The lowest BCUT2D eigenvalue weighted by Crippen LogP contribution is -2.32. The van der Waals surface area contributed by atoms with E-state index in [1.807, 2.05) is 4.90 Å². The lowest BCUT2D eigenvalue weighted by atomic mass is 10.2. The highest BCUT2D eigenvalue weighted by atomic mass is 32.2. The fourth-order valence-corrected chi connectivity index (χ4v) is 4.29. The van der Waals surface area contributed by atoms with Crippen molar-refractivity contribution in [2.24, 2.45) is 0 Å². The number of rotatable bonds is 11. The lowest BCUT2D eigenvalue weighted by molar-refractivity contribution is 0.219. The van der Waals surface area contributed by atoms with Crippen LogP contribution in [0.5, 0.6) is 23.0 Å². The number of anilines is 1. The molecule has 0 aromatic heterocycles. The maximum absolute atomic E-state index is 12.8. The number of carbonyl (C=O) groups excluding carboxylic acids is 1. The van der Waals surface area contributed by atoms with Crippen molar-refractivity contribution in [1.82, 2.24) is 4.90 Å². The summed E-state index contributed by atoms with van der Waals surface area (Å²) < 4.78 is 34.3. The van der Waals surface area contributed by atoms with E-state index in [1.165, 1.54) is 21.3 Å². The van der Waals surface area contributed by atoms with Gasteiger partial charge in [0.2, 0.25) is 16.8 Å². The van der Waals surface area contributed by atoms with Gasteiger partial charge in [0.1, 0.15) is 5.75 Å². The maximum Gasteiger partial charge on any atom is 0.324 e. The van der Waals surface area contributed by atoms with Gasteiger partial charge >= 0.3 is 6.03 Å². The summed E-state index contributed by atoms with van der Waals surface area (Å²) in [6.07, 6.45) is 3.27. The standard InChI is InChI=1S/C23H30N2O6S/c1-5-6-7-12-24-13-14-25(23(24)26)17-8-10-19(11-9-17)32(27)31-18-15-20(28-2)22(30-4)21(16-18)29-3/h8-11,15-16H,5-7,12-14H2,1-4H3/t32-/m1/s1. The molecule has 0 aliphatic carbocycles. The second kappa shape index (κ2) is 11.1. The molecule has 1 heterocycles. The third-order valence-corrected chi connectivity index (χ3v) is 6.28. The minimum absolute atomic E-state index is 0.0173. The summed E-state index contributed by atoms with van der Waals surface area (Å²) in [4.78, 5) is 16.8. The highest BCUT2D eigenvalue weighted by Gasteiger charge is 2.29. The van der Waals surface area contributed by atoms with E-state index < -0.39 is 11.1 Å². The zero-order valence-electron chi connectivity index (χ0n) is 19.0. The van der Waals surface area contributed by atoms with Crippen molar-refractivity contribution in [3.63, 3.8) is 0 Å². The van der Waals surface area contributed by atoms with Crippen molar-refractivity contribution in [2.45, 2.75) is 31.1 Å². The molecule has 2 aromatic carbocycles. The van der Waals surface area contributed by atoms with E-state index in [9.17, 15) is 9.00 Å². The van der Waals surface area contributed by atoms with Crippen LogP contribution in [0.1, 0.15) is 26.2 Å². The van der Waals surface area contributed by atoms with E-state index in [2.05, 4.69) is 6.92 Å². The number of ether oxygens (including phenoxy) is 3. The number of benzene rings is 2. The molecule has 2 amide bonds. The first kappa shape index (κ1) is 23.7. The summed E-state index contributed by atoms with van der Waals surface area (Å²) in [7, 11) is 4.51. The van der Waals surface area contributed by atoms with E-state index in [-0.39, 0.29) is 6.03 Å². The number of urea groups is 1. The molecule has 0 saturated carbocycles. The molecular weight excluding hydrogens is 432 g/mol. The van der Waals surface area contributed by atoms with Crippen LogP contribution < -0.4 is 23.3 Å². The highest BCUT2D eigenvalue weighted by Crippen LogP contribution is 2.41. The number of amides is 2. The molecule has 3 rings (SSSR count). The molecule has 1 fully saturated rings. The number of nitrogens with zero attached hydrogens (tertiary/aromatic N) is 2. The summed E-state index contributed by atoms with van der Waals surface area (Å²) in [5.41, 5.74) is 0.779. The highest BCUT2D eigenvalue weighted by molar-refractivity contribution is 7.80. The van der Waals surface area contributed by atoms with Crippen molar-refractivity contribution in [2.75, 3.05) is 45.9 Å². The smallest absolute Gasteiger partial charge is 0.324 e. The molecule has 174 valence electrons. The minimum Gasteiger partial charge on any atom is -0.493 e. The van der Waals surface area contributed by atoms with Crippen LogP contribution in [0.15, 0.2) is 41.3 Å². The Balaban J connectivity index is 1.68. The first-order valence-corrected chi connectivity index (χ1v) is 11.7. The zero-order valence-corrected chi connectivity index (χ0v) is 19.8. The van der Waals surface area contributed by atoms with Gasteiger partial charge in [-0.15, -0.1) is 0 Å². The molecule has 0 spiro atoms. The molecule has 1 aliphatic heterocycles. The largest absolute Gasteiger partial charge is 0.493 e. The second-order valence-corrected chi connectivity index (χ2v) is 8.41. The average Bonchev–Trinajstić information content (AvgIpc) is 3.18. The van der Waals surface area contributed by atoms with Crippen molar-refractivity contribution < 1.29 is 27.4 Å². The Morgan fingerprint density at radius 2 is 1.59 bits per heavy atom.